The lowest BCUT2D eigenvalue weighted by Gasteiger charge is -2.07. The molecular weight excluding hydrogens is 242 g/mol. The van der Waals surface area contributed by atoms with Crippen LogP contribution in [0.1, 0.15) is 5.69 Å². The number of nitrogens with zero attached hydrogens (tertiary/aromatic N) is 3. The molecule has 1 aromatic carbocycles. The van der Waals surface area contributed by atoms with Crippen LogP contribution < -0.4 is 10.1 Å². The van der Waals surface area contributed by atoms with Crippen LogP contribution in [0, 0.1) is 6.92 Å². The van der Waals surface area contributed by atoms with Gasteiger partial charge < -0.3 is 10.1 Å². The van der Waals surface area contributed by atoms with Gasteiger partial charge in [0.15, 0.2) is 11.3 Å². The van der Waals surface area contributed by atoms with Gasteiger partial charge >= 0.3 is 0 Å². The summed E-state index contributed by atoms with van der Waals surface area (Å²) < 4.78 is 5.19. The molecule has 0 saturated carbocycles. The van der Waals surface area contributed by atoms with Gasteiger partial charge in [-0.2, -0.15) is 5.10 Å². The maximum atomic E-state index is 5.19. The van der Waals surface area contributed by atoms with Gasteiger partial charge in [0.05, 0.1) is 12.8 Å². The second-order valence-electron chi connectivity index (χ2n) is 4.13. The Kier molecular flexibility index (Phi) is 2.75. The average Bonchev–Trinajstić information content (AvgIpc) is 2.82. The quantitative estimate of drug-likeness (QED) is 0.751. The molecule has 0 amide bonds. The summed E-state index contributed by atoms with van der Waals surface area (Å²) in [6.07, 6.45) is 1.52. The Morgan fingerprint density at radius 2 is 2.11 bits per heavy atom. The number of anilines is 2. The van der Waals surface area contributed by atoms with E-state index in [1.165, 1.54) is 6.33 Å². The van der Waals surface area contributed by atoms with Gasteiger partial charge in [-0.1, -0.05) is 6.07 Å². The first-order valence-electron chi connectivity index (χ1n) is 5.84. The molecule has 3 aromatic rings. The fraction of sp³-hybridized carbons (Fsp3) is 0.154. The molecule has 0 spiro atoms. The normalized spacial score (nSPS) is 10.6. The highest BCUT2D eigenvalue weighted by molar-refractivity contribution is 5.88. The molecule has 96 valence electrons. The van der Waals surface area contributed by atoms with Crippen LogP contribution >= 0.6 is 0 Å². The molecule has 2 aromatic heterocycles. The number of fused-ring (bicyclic) bond motifs is 1. The van der Waals surface area contributed by atoms with E-state index in [-0.39, 0.29) is 0 Å². The molecule has 2 heterocycles. The number of benzene rings is 1. The maximum absolute atomic E-state index is 5.19. The van der Waals surface area contributed by atoms with E-state index in [1.807, 2.05) is 31.2 Å². The minimum atomic E-state index is 0.669. The average molecular weight is 255 g/mol. The highest BCUT2D eigenvalue weighted by atomic mass is 16.5. The predicted molar refractivity (Wildman–Crippen MR) is 72.7 cm³/mol. The third-order valence-electron chi connectivity index (χ3n) is 2.85. The first-order chi connectivity index (χ1) is 9.28. The van der Waals surface area contributed by atoms with E-state index in [2.05, 4.69) is 25.5 Å². The molecule has 0 bridgehead atoms. The van der Waals surface area contributed by atoms with Crippen molar-refractivity contribution in [2.45, 2.75) is 6.92 Å². The Morgan fingerprint density at radius 3 is 2.95 bits per heavy atom. The summed E-state index contributed by atoms with van der Waals surface area (Å²) in [5.41, 5.74) is 3.36. The molecule has 0 aliphatic carbocycles. The first-order valence-corrected chi connectivity index (χ1v) is 5.84. The van der Waals surface area contributed by atoms with Crippen molar-refractivity contribution in [3.8, 4) is 5.75 Å². The van der Waals surface area contributed by atoms with Gasteiger partial charge in [-0.25, -0.2) is 9.97 Å². The molecule has 0 saturated heterocycles. The molecule has 3 rings (SSSR count). The number of hydrogen-bond donors (Lipinski definition) is 2. The van der Waals surface area contributed by atoms with Crippen LogP contribution in [0.15, 0.2) is 30.6 Å². The number of rotatable bonds is 3. The minimum Gasteiger partial charge on any atom is -0.497 e. The van der Waals surface area contributed by atoms with E-state index < -0.39 is 0 Å². The topological polar surface area (TPSA) is 75.7 Å². The summed E-state index contributed by atoms with van der Waals surface area (Å²) in [7, 11) is 1.64. The van der Waals surface area contributed by atoms with Crippen molar-refractivity contribution in [1.29, 1.82) is 0 Å². The number of aryl methyl sites for hydroxylation is 1. The lowest BCUT2D eigenvalue weighted by Crippen LogP contribution is -1.96. The van der Waals surface area contributed by atoms with Gasteiger partial charge in [-0.3, -0.25) is 5.10 Å². The van der Waals surface area contributed by atoms with Crippen LogP contribution in [0.4, 0.5) is 11.5 Å². The summed E-state index contributed by atoms with van der Waals surface area (Å²) >= 11 is 0. The number of methoxy groups -OCH3 is 1. The Bertz CT molecular complexity index is 722. The summed E-state index contributed by atoms with van der Waals surface area (Å²) in [6.45, 7) is 1.93. The largest absolute Gasteiger partial charge is 0.497 e. The van der Waals surface area contributed by atoms with E-state index in [1.54, 1.807) is 7.11 Å². The van der Waals surface area contributed by atoms with Crippen LogP contribution in [0.3, 0.4) is 0 Å². The highest BCUT2D eigenvalue weighted by Crippen LogP contribution is 2.24. The lowest BCUT2D eigenvalue weighted by atomic mass is 10.3. The van der Waals surface area contributed by atoms with E-state index in [9.17, 15) is 0 Å². The number of nitrogens with one attached hydrogen (secondary N) is 2. The molecule has 0 atom stereocenters. The predicted octanol–water partition coefficient (Wildman–Crippen LogP) is 2.41. The summed E-state index contributed by atoms with van der Waals surface area (Å²) in [6, 6.07) is 7.64. The maximum Gasteiger partial charge on any atom is 0.162 e. The van der Waals surface area contributed by atoms with E-state index in [0.717, 1.165) is 28.2 Å². The molecule has 0 radical (unpaired) electrons. The lowest BCUT2D eigenvalue weighted by molar-refractivity contribution is 0.415. The molecule has 0 fully saturated rings. The zero-order chi connectivity index (χ0) is 13.2. The molecular formula is C13H13N5O. The third kappa shape index (κ3) is 2.08. The zero-order valence-electron chi connectivity index (χ0n) is 10.6. The fourth-order valence-electron chi connectivity index (χ4n) is 1.88. The molecule has 6 nitrogen and oxygen atoms in total. The van der Waals surface area contributed by atoms with Crippen LogP contribution in [0.25, 0.3) is 11.0 Å². The number of H-pyrrole nitrogens is 1. The fourth-order valence-corrected chi connectivity index (χ4v) is 1.88. The Labute approximate surface area is 109 Å². The molecule has 6 heteroatoms. The zero-order valence-corrected chi connectivity index (χ0v) is 10.6. The number of hydrogen-bond acceptors (Lipinski definition) is 5. The van der Waals surface area contributed by atoms with E-state index in [4.69, 9.17) is 4.74 Å². The van der Waals surface area contributed by atoms with Crippen molar-refractivity contribution < 1.29 is 4.74 Å². The standard InChI is InChI=1S/C13H13N5O/c1-8-11-12(18-17-8)13(15-7-14-11)16-9-4-3-5-10(6-9)19-2/h3-7H,1-2H3,(H,17,18)(H,14,15,16). The van der Waals surface area contributed by atoms with Gasteiger partial charge in [0, 0.05) is 11.8 Å². The van der Waals surface area contributed by atoms with Gasteiger partial charge in [0.1, 0.15) is 17.6 Å². The van der Waals surface area contributed by atoms with Crippen LogP contribution in [-0.2, 0) is 0 Å². The monoisotopic (exact) mass is 255 g/mol. The highest BCUT2D eigenvalue weighted by Gasteiger charge is 2.09. The van der Waals surface area contributed by atoms with Gasteiger partial charge in [-0.15, -0.1) is 0 Å². The number of aromatic amines is 1. The number of aromatic nitrogens is 4. The van der Waals surface area contributed by atoms with Crippen molar-refractivity contribution in [2.75, 3.05) is 12.4 Å². The van der Waals surface area contributed by atoms with Crippen LogP contribution in [0.2, 0.25) is 0 Å². The molecule has 0 aliphatic rings. The summed E-state index contributed by atoms with van der Waals surface area (Å²) in [5, 5.41) is 10.3. The first kappa shape index (κ1) is 11.5. The van der Waals surface area contributed by atoms with Crippen molar-refractivity contribution in [3.63, 3.8) is 0 Å². The van der Waals surface area contributed by atoms with E-state index in [0.29, 0.717) is 5.82 Å². The van der Waals surface area contributed by atoms with Crippen molar-refractivity contribution in [1.82, 2.24) is 20.2 Å². The summed E-state index contributed by atoms with van der Waals surface area (Å²) in [4.78, 5) is 8.43. The van der Waals surface area contributed by atoms with Gasteiger partial charge in [-0.05, 0) is 19.1 Å². The van der Waals surface area contributed by atoms with E-state index >= 15 is 0 Å². The SMILES string of the molecule is COc1cccc(Nc2ncnc3c(C)[nH]nc23)c1. The number of ether oxygens (including phenoxy) is 1. The van der Waals surface area contributed by atoms with Crippen LogP contribution in [-0.4, -0.2) is 27.3 Å². The van der Waals surface area contributed by atoms with Crippen molar-refractivity contribution >= 4 is 22.5 Å². The second-order valence-corrected chi connectivity index (χ2v) is 4.13. The Hall–Kier alpha value is -2.63. The molecule has 2 N–H and O–H groups in total. The minimum absolute atomic E-state index is 0.669. The molecule has 0 unspecified atom stereocenters. The van der Waals surface area contributed by atoms with Crippen LogP contribution in [0.5, 0.6) is 5.75 Å². The van der Waals surface area contributed by atoms with Crippen molar-refractivity contribution in [3.05, 3.63) is 36.3 Å². The molecule has 0 aliphatic heterocycles. The smallest absolute Gasteiger partial charge is 0.162 e. The van der Waals surface area contributed by atoms with Crippen molar-refractivity contribution in [2.24, 2.45) is 0 Å². The van der Waals surface area contributed by atoms with Gasteiger partial charge in [0.2, 0.25) is 0 Å². The Morgan fingerprint density at radius 1 is 1.21 bits per heavy atom. The third-order valence-corrected chi connectivity index (χ3v) is 2.85. The van der Waals surface area contributed by atoms with Gasteiger partial charge in [0.25, 0.3) is 0 Å². The Balaban J connectivity index is 2.00. The second kappa shape index (κ2) is 4.56. The molecule has 19 heavy (non-hydrogen) atoms. The summed E-state index contributed by atoms with van der Waals surface area (Å²) in [5.74, 6) is 1.45.